The first kappa shape index (κ1) is 15.6. The van der Waals surface area contributed by atoms with Crippen LogP contribution in [0.25, 0.3) is 11.0 Å². The van der Waals surface area contributed by atoms with Crippen LogP contribution in [0, 0.1) is 0 Å². The Hall–Kier alpha value is -2.96. The molecule has 3 heterocycles. The van der Waals surface area contributed by atoms with Gasteiger partial charge in [0.2, 0.25) is 5.95 Å². The van der Waals surface area contributed by atoms with E-state index in [1.165, 1.54) is 12.8 Å². The molecule has 0 radical (unpaired) electrons. The highest BCUT2D eigenvalue weighted by atomic mass is 16.1. The van der Waals surface area contributed by atoms with Crippen molar-refractivity contribution in [3.8, 4) is 0 Å². The Morgan fingerprint density at radius 2 is 2.08 bits per heavy atom. The maximum absolute atomic E-state index is 12.3. The number of hydrogen-bond acceptors (Lipinski definition) is 5. The number of hydrogen-bond donors (Lipinski definition) is 2. The second-order valence-corrected chi connectivity index (χ2v) is 6.23. The third-order valence-corrected chi connectivity index (χ3v) is 4.63. The third-order valence-electron chi connectivity index (χ3n) is 4.63. The fourth-order valence-electron chi connectivity index (χ4n) is 3.45. The number of nitrogens with zero attached hydrogens (tertiary/aromatic N) is 4. The van der Waals surface area contributed by atoms with E-state index in [0.29, 0.717) is 23.5 Å². The van der Waals surface area contributed by atoms with E-state index in [4.69, 9.17) is 0 Å². The van der Waals surface area contributed by atoms with Crippen LogP contribution in [0.2, 0.25) is 0 Å². The molecule has 25 heavy (non-hydrogen) atoms. The SMILES string of the molecule is CNC(=O)c1cc2cnc(Nc3ccccn3)nc2n1C1CCCC1. The number of fused-ring (bicyclic) bond motifs is 1. The van der Waals surface area contributed by atoms with Crippen molar-refractivity contribution in [1.82, 2.24) is 24.8 Å². The van der Waals surface area contributed by atoms with Crippen LogP contribution in [0.4, 0.5) is 11.8 Å². The molecule has 0 aromatic carbocycles. The topological polar surface area (TPSA) is 84.7 Å². The van der Waals surface area contributed by atoms with Crippen molar-refractivity contribution >= 4 is 28.7 Å². The van der Waals surface area contributed by atoms with E-state index >= 15 is 0 Å². The van der Waals surface area contributed by atoms with Crippen LogP contribution in [0.15, 0.2) is 36.7 Å². The molecule has 7 nitrogen and oxygen atoms in total. The molecule has 3 aromatic rings. The van der Waals surface area contributed by atoms with E-state index in [0.717, 1.165) is 23.9 Å². The number of anilines is 2. The van der Waals surface area contributed by atoms with Crippen LogP contribution in [0.3, 0.4) is 0 Å². The second-order valence-electron chi connectivity index (χ2n) is 6.23. The highest BCUT2D eigenvalue weighted by Crippen LogP contribution is 2.34. The quantitative estimate of drug-likeness (QED) is 0.765. The number of nitrogens with one attached hydrogen (secondary N) is 2. The van der Waals surface area contributed by atoms with Crippen LogP contribution in [-0.4, -0.2) is 32.5 Å². The van der Waals surface area contributed by atoms with Crippen molar-refractivity contribution in [1.29, 1.82) is 0 Å². The lowest BCUT2D eigenvalue weighted by molar-refractivity contribution is 0.0952. The van der Waals surface area contributed by atoms with Crippen molar-refractivity contribution in [3.63, 3.8) is 0 Å². The molecule has 0 saturated heterocycles. The molecule has 1 fully saturated rings. The Labute approximate surface area is 145 Å². The summed E-state index contributed by atoms with van der Waals surface area (Å²) >= 11 is 0. The van der Waals surface area contributed by atoms with E-state index in [2.05, 4.69) is 30.2 Å². The van der Waals surface area contributed by atoms with Crippen LogP contribution in [0.1, 0.15) is 42.2 Å². The molecule has 0 aliphatic heterocycles. The normalized spacial score (nSPS) is 14.8. The maximum atomic E-state index is 12.3. The monoisotopic (exact) mass is 336 g/mol. The number of aromatic nitrogens is 4. The Morgan fingerprint density at radius 3 is 2.80 bits per heavy atom. The van der Waals surface area contributed by atoms with Crippen LogP contribution < -0.4 is 10.6 Å². The molecule has 7 heteroatoms. The van der Waals surface area contributed by atoms with Gasteiger partial charge in [-0.15, -0.1) is 0 Å². The van der Waals surface area contributed by atoms with E-state index in [-0.39, 0.29) is 5.91 Å². The zero-order valence-corrected chi connectivity index (χ0v) is 14.1. The molecule has 0 spiro atoms. The van der Waals surface area contributed by atoms with Crippen LogP contribution in [-0.2, 0) is 0 Å². The fourth-order valence-corrected chi connectivity index (χ4v) is 3.45. The van der Waals surface area contributed by atoms with Gasteiger partial charge in [0.1, 0.15) is 17.2 Å². The smallest absolute Gasteiger partial charge is 0.267 e. The zero-order chi connectivity index (χ0) is 17.2. The Morgan fingerprint density at radius 1 is 1.24 bits per heavy atom. The molecule has 0 atom stereocenters. The van der Waals surface area contributed by atoms with Gasteiger partial charge in [0.05, 0.1) is 0 Å². The number of carbonyl (C=O) groups excluding carboxylic acids is 1. The molecule has 1 saturated carbocycles. The van der Waals surface area contributed by atoms with Gasteiger partial charge in [-0.3, -0.25) is 4.79 Å². The Balaban J connectivity index is 1.79. The van der Waals surface area contributed by atoms with Gasteiger partial charge < -0.3 is 15.2 Å². The Kier molecular flexibility index (Phi) is 4.05. The molecular formula is C18H20N6O. The summed E-state index contributed by atoms with van der Waals surface area (Å²) in [6, 6.07) is 7.80. The molecule has 0 bridgehead atoms. The lowest BCUT2D eigenvalue weighted by Crippen LogP contribution is -2.23. The number of amides is 1. The standard InChI is InChI=1S/C18H20N6O/c1-19-17(25)14-10-12-11-21-18(22-15-8-4-5-9-20-15)23-16(12)24(14)13-6-2-3-7-13/h4-5,8-11,13H,2-3,6-7H2,1H3,(H,19,25)(H,20,21,22,23). The van der Waals surface area contributed by atoms with Gasteiger partial charge >= 0.3 is 0 Å². The first-order chi connectivity index (χ1) is 12.3. The van der Waals surface area contributed by atoms with Crippen molar-refractivity contribution < 1.29 is 4.79 Å². The average molecular weight is 336 g/mol. The molecule has 1 amide bonds. The fraction of sp³-hybridized carbons (Fsp3) is 0.333. The van der Waals surface area contributed by atoms with Gasteiger partial charge in [0, 0.05) is 30.9 Å². The van der Waals surface area contributed by atoms with Gasteiger partial charge in [0.15, 0.2) is 0 Å². The molecular weight excluding hydrogens is 316 g/mol. The lowest BCUT2D eigenvalue weighted by Gasteiger charge is -2.16. The van der Waals surface area contributed by atoms with Gasteiger partial charge in [0.25, 0.3) is 5.91 Å². The largest absolute Gasteiger partial charge is 0.354 e. The van der Waals surface area contributed by atoms with Crippen molar-refractivity contribution in [2.75, 3.05) is 12.4 Å². The number of rotatable bonds is 4. The number of pyridine rings is 1. The minimum absolute atomic E-state index is 0.0934. The highest BCUT2D eigenvalue weighted by Gasteiger charge is 2.25. The van der Waals surface area contributed by atoms with Gasteiger partial charge in [-0.2, -0.15) is 4.98 Å². The lowest BCUT2D eigenvalue weighted by atomic mass is 10.2. The van der Waals surface area contributed by atoms with Gasteiger partial charge in [-0.05, 0) is 31.0 Å². The summed E-state index contributed by atoms with van der Waals surface area (Å²) in [5, 5.41) is 6.72. The minimum atomic E-state index is -0.0934. The van der Waals surface area contributed by atoms with E-state index in [1.54, 1.807) is 19.4 Å². The summed E-state index contributed by atoms with van der Waals surface area (Å²) in [4.78, 5) is 25.6. The summed E-state index contributed by atoms with van der Waals surface area (Å²) in [5.74, 6) is 1.07. The first-order valence-corrected chi connectivity index (χ1v) is 8.54. The Bertz CT molecular complexity index is 899. The highest BCUT2D eigenvalue weighted by molar-refractivity contribution is 5.98. The van der Waals surface area contributed by atoms with Crippen molar-refractivity contribution in [2.24, 2.45) is 0 Å². The molecule has 3 aromatic heterocycles. The van der Waals surface area contributed by atoms with E-state index in [1.807, 2.05) is 24.3 Å². The summed E-state index contributed by atoms with van der Waals surface area (Å²) in [6.07, 6.45) is 7.97. The summed E-state index contributed by atoms with van der Waals surface area (Å²) in [6.45, 7) is 0. The summed E-state index contributed by atoms with van der Waals surface area (Å²) < 4.78 is 2.08. The predicted molar refractivity (Wildman–Crippen MR) is 95.9 cm³/mol. The van der Waals surface area contributed by atoms with E-state index in [9.17, 15) is 4.79 Å². The molecule has 4 rings (SSSR count). The number of carbonyl (C=O) groups is 1. The van der Waals surface area contributed by atoms with Crippen LogP contribution in [0.5, 0.6) is 0 Å². The minimum Gasteiger partial charge on any atom is -0.354 e. The molecule has 1 aliphatic rings. The van der Waals surface area contributed by atoms with E-state index < -0.39 is 0 Å². The molecule has 1 aliphatic carbocycles. The van der Waals surface area contributed by atoms with Crippen molar-refractivity contribution in [3.05, 3.63) is 42.4 Å². The molecule has 2 N–H and O–H groups in total. The zero-order valence-electron chi connectivity index (χ0n) is 14.1. The third kappa shape index (κ3) is 2.93. The predicted octanol–water partition coefficient (Wildman–Crippen LogP) is 3.04. The molecule has 0 unspecified atom stereocenters. The van der Waals surface area contributed by atoms with Gasteiger partial charge in [-0.25, -0.2) is 9.97 Å². The molecule has 128 valence electrons. The first-order valence-electron chi connectivity index (χ1n) is 8.54. The summed E-state index contributed by atoms with van der Waals surface area (Å²) in [5.41, 5.74) is 1.44. The van der Waals surface area contributed by atoms with Gasteiger partial charge in [-0.1, -0.05) is 18.9 Å². The van der Waals surface area contributed by atoms with Crippen molar-refractivity contribution in [2.45, 2.75) is 31.7 Å². The average Bonchev–Trinajstić information content (AvgIpc) is 3.28. The maximum Gasteiger partial charge on any atom is 0.267 e. The second kappa shape index (κ2) is 6.51. The summed E-state index contributed by atoms with van der Waals surface area (Å²) in [7, 11) is 1.65. The van der Waals surface area contributed by atoms with Crippen LogP contribution >= 0.6 is 0 Å².